The highest BCUT2D eigenvalue weighted by Gasteiger charge is 1.95. The smallest absolute Gasteiger partial charge is 0.219 e. The highest BCUT2D eigenvalue weighted by Crippen LogP contribution is 1.78. The molecule has 0 fully saturated rings. The van der Waals surface area contributed by atoms with Crippen LogP contribution >= 0.6 is 0 Å². The van der Waals surface area contributed by atoms with E-state index in [4.69, 9.17) is 4.74 Å². The topological polar surface area (TPSA) is 50.4 Å². The number of nitrogens with one attached hydrogen (secondary N) is 2. The van der Waals surface area contributed by atoms with E-state index in [0.29, 0.717) is 32.2 Å². The Balaban J connectivity index is 3.03. The van der Waals surface area contributed by atoms with Crippen molar-refractivity contribution in [3.05, 3.63) is 0 Å². The number of ether oxygens (including phenoxy) is 1. The molecule has 4 heteroatoms. The lowest BCUT2D eigenvalue weighted by Crippen LogP contribution is -2.29. The second kappa shape index (κ2) is 8.97. The second-order valence-corrected chi connectivity index (χ2v) is 3.42. The Kier molecular flexibility index (Phi) is 8.57. The summed E-state index contributed by atoms with van der Waals surface area (Å²) in [6.45, 7) is 8.78. The molecule has 0 saturated carbocycles. The Morgan fingerprint density at radius 2 is 1.93 bits per heavy atom. The first-order valence-corrected chi connectivity index (χ1v) is 5.24. The molecule has 0 atom stereocenters. The molecule has 0 aliphatic rings. The van der Waals surface area contributed by atoms with Crippen molar-refractivity contribution < 1.29 is 9.53 Å². The third kappa shape index (κ3) is 9.48. The number of carbonyl (C=O) groups is 1. The molecule has 0 spiro atoms. The van der Waals surface area contributed by atoms with Crippen molar-refractivity contribution in [3.8, 4) is 0 Å². The summed E-state index contributed by atoms with van der Waals surface area (Å²) < 4.78 is 5.30. The first-order valence-electron chi connectivity index (χ1n) is 5.24. The van der Waals surface area contributed by atoms with Crippen molar-refractivity contribution in [3.63, 3.8) is 0 Å². The van der Waals surface area contributed by atoms with E-state index in [1.54, 1.807) is 0 Å². The Labute approximate surface area is 86.4 Å². The summed E-state index contributed by atoms with van der Waals surface area (Å²) in [5, 5.41) is 5.99. The largest absolute Gasteiger partial charge is 0.378 e. The van der Waals surface area contributed by atoms with Gasteiger partial charge < -0.3 is 15.4 Å². The van der Waals surface area contributed by atoms with Crippen LogP contribution in [0.1, 0.15) is 27.2 Å². The maximum Gasteiger partial charge on any atom is 0.219 e. The van der Waals surface area contributed by atoms with Gasteiger partial charge in [-0.15, -0.1) is 0 Å². The van der Waals surface area contributed by atoms with E-state index in [-0.39, 0.29) is 5.91 Å². The molecular weight excluding hydrogens is 180 g/mol. The van der Waals surface area contributed by atoms with E-state index in [2.05, 4.69) is 24.5 Å². The van der Waals surface area contributed by atoms with Crippen LogP contribution in [0.25, 0.3) is 0 Å². The summed E-state index contributed by atoms with van der Waals surface area (Å²) in [7, 11) is 0. The van der Waals surface area contributed by atoms with Gasteiger partial charge in [-0.1, -0.05) is 20.8 Å². The van der Waals surface area contributed by atoms with Crippen LogP contribution in [0, 0.1) is 0 Å². The molecular formula is C10H22N2O2. The van der Waals surface area contributed by atoms with E-state index >= 15 is 0 Å². The van der Waals surface area contributed by atoms with Gasteiger partial charge in [0, 0.05) is 25.6 Å². The third-order valence-corrected chi connectivity index (χ3v) is 1.69. The number of carbonyl (C=O) groups excluding carboxylic acids is 1. The summed E-state index contributed by atoms with van der Waals surface area (Å²) >= 11 is 0. The van der Waals surface area contributed by atoms with Crippen molar-refractivity contribution >= 4 is 5.91 Å². The molecule has 84 valence electrons. The standard InChI is InChI=1S/C10H22N2O2/c1-4-10(13)12-6-8-14-7-5-11-9(2)3/h9,11H,4-8H2,1-3H3,(H,12,13). The Morgan fingerprint density at radius 1 is 1.29 bits per heavy atom. The summed E-state index contributed by atoms with van der Waals surface area (Å²) in [6.07, 6.45) is 0.537. The van der Waals surface area contributed by atoms with Gasteiger partial charge in [0.2, 0.25) is 5.91 Å². The van der Waals surface area contributed by atoms with Crippen molar-refractivity contribution in [1.29, 1.82) is 0 Å². The predicted octanol–water partition coefficient (Wildman–Crippen LogP) is 0.527. The maximum atomic E-state index is 10.8. The van der Waals surface area contributed by atoms with Gasteiger partial charge in [-0.05, 0) is 0 Å². The highest BCUT2D eigenvalue weighted by molar-refractivity contribution is 5.75. The lowest BCUT2D eigenvalue weighted by atomic mass is 10.4. The third-order valence-electron chi connectivity index (χ3n) is 1.69. The highest BCUT2D eigenvalue weighted by atomic mass is 16.5. The zero-order valence-corrected chi connectivity index (χ0v) is 9.43. The molecule has 0 bridgehead atoms. The van der Waals surface area contributed by atoms with Crippen LogP contribution in [0.15, 0.2) is 0 Å². The Morgan fingerprint density at radius 3 is 2.50 bits per heavy atom. The first-order chi connectivity index (χ1) is 6.66. The van der Waals surface area contributed by atoms with Crippen molar-refractivity contribution in [2.45, 2.75) is 33.2 Å². The summed E-state index contributed by atoms with van der Waals surface area (Å²) in [5.74, 6) is 0.0777. The van der Waals surface area contributed by atoms with Crippen LogP contribution in [0.3, 0.4) is 0 Å². The van der Waals surface area contributed by atoms with Gasteiger partial charge in [0.15, 0.2) is 0 Å². The molecule has 0 radical (unpaired) electrons. The predicted molar refractivity (Wildman–Crippen MR) is 57.3 cm³/mol. The van der Waals surface area contributed by atoms with E-state index < -0.39 is 0 Å². The average Bonchev–Trinajstić information content (AvgIpc) is 2.15. The van der Waals surface area contributed by atoms with Gasteiger partial charge in [-0.3, -0.25) is 4.79 Å². The van der Waals surface area contributed by atoms with Gasteiger partial charge in [-0.2, -0.15) is 0 Å². The van der Waals surface area contributed by atoms with Crippen LogP contribution in [-0.4, -0.2) is 38.3 Å². The van der Waals surface area contributed by atoms with Crippen molar-refractivity contribution in [2.24, 2.45) is 0 Å². The van der Waals surface area contributed by atoms with Gasteiger partial charge in [0.25, 0.3) is 0 Å². The lowest BCUT2D eigenvalue weighted by molar-refractivity contribution is -0.121. The maximum absolute atomic E-state index is 10.8. The minimum atomic E-state index is 0.0777. The zero-order chi connectivity index (χ0) is 10.8. The molecule has 0 rings (SSSR count). The average molecular weight is 202 g/mol. The fourth-order valence-electron chi connectivity index (χ4n) is 0.909. The number of rotatable bonds is 8. The summed E-state index contributed by atoms with van der Waals surface area (Å²) in [5.41, 5.74) is 0. The van der Waals surface area contributed by atoms with E-state index in [0.717, 1.165) is 6.54 Å². The molecule has 4 nitrogen and oxygen atoms in total. The first kappa shape index (κ1) is 13.4. The van der Waals surface area contributed by atoms with Crippen molar-refractivity contribution in [2.75, 3.05) is 26.3 Å². The SMILES string of the molecule is CCC(=O)NCCOCCNC(C)C. The van der Waals surface area contributed by atoms with Crippen LogP contribution < -0.4 is 10.6 Å². The molecule has 0 aliphatic heterocycles. The molecule has 2 N–H and O–H groups in total. The quantitative estimate of drug-likeness (QED) is 0.564. The Bertz CT molecular complexity index is 149. The van der Waals surface area contributed by atoms with E-state index in [1.807, 2.05) is 6.92 Å². The zero-order valence-electron chi connectivity index (χ0n) is 9.43. The van der Waals surface area contributed by atoms with E-state index in [1.165, 1.54) is 0 Å². The number of hydrogen-bond donors (Lipinski definition) is 2. The normalized spacial score (nSPS) is 10.6. The van der Waals surface area contributed by atoms with Crippen molar-refractivity contribution in [1.82, 2.24) is 10.6 Å². The fourth-order valence-corrected chi connectivity index (χ4v) is 0.909. The molecule has 0 heterocycles. The van der Waals surface area contributed by atoms with Crippen LogP contribution in [0.4, 0.5) is 0 Å². The minimum Gasteiger partial charge on any atom is -0.378 e. The molecule has 1 amide bonds. The monoisotopic (exact) mass is 202 g/mol. The molecule has 0 aromatic rings. The molecule has 0 aromatic heterocycles. The van der Waals surface area contributed by atoms with Gasteiger partial charge in [0.05, 0.1) is 13.2 Å². The van der Waals surface area contributed by atoms with E-state index in [9.17, 15) is 4.79 Å². The molecule has 14 heavy (non-hydrogen) atoms. The lowest BCUT2D eigenvalue weighted by Gasteiger charge is -2.08. The van der Waals surface area contributed by atoms with Crippen LogP contribution in [-0.2, 0) is 9.53 Å². The van der Waals surface area contributed by atoms with Gasteiger partial charge >= 0.3 is 0 Å². The summed E-state index contributed by atoms with van der Waals surface area (Å²) in [6, 6.07) is 0.499. The molecule has 0 aliphatic carbocycles. The molecule has 0 unspecified atom stereocenters. The van der Waals surface area contributed by atoms with Gasteiger partial charge in [-0.25, -0.2) is 0 Å². The van der Waals surface area contributed by atoms with Crippen LogP contribution in [0.2, 0.25) is 0 Å². The van der Waals surface area contributed by atoms with Gasteiger partial charge in [0.1, 0.15) is 0 Å². The summed E-state index contributed by atoms with van der Waals surface area (Å²) in [4.78, 5) is 10.8. The Hall–Kier alpha value is -0.610. The number of amides is 1. The fraction of sp³-hybridized carbons (Fsp3) is 0.900. The molecule has 0 aromatic carbocycles. The minimum absolute atomic E-state index is 0.0777. The molecule has 0 saturated heterocycles. The number of hydrogen-bond acceptors (Lipinski definition) is 3. The van der Waals surface area contributed by atoms with Crippen LogP contribution in [0.5, 0.6) is 0 Å². The second-order valence-electron chi connectivity index (χ2n) is 3.42.